The molecular formula is C31H45FN4O. The zero-order chi connectivity index (χ0) is 26.5. The van der Waals surface area contributed by atoms with Gasteiger partial charge in [0, 0.05) is 64.0 Å². The molecule has 2 aromatic rings. The topological polar surface area (TPSA) is 30.0 Å². The smallest absolute Gasteiger partial charge is 0.229 e. The van der Waals surface area contributed by atoms with Crippen LogP contribution < -0.4 is 4.90 Å². The predicted molar refractivity (Wildman–Crippen MR) is 151 cm³/mol. The molecule has 0 N–H and O–H groups in total. The first-order valence-corrected chi connectivity index (χ1v) is 14.0. The Morgan fingerprint density at radius 1 is 0.973 bits per heavy atom. The molecule has 0 saturated carbocycles. The van der Waals surface area contributed by atoms with Gasteiger partial charge in [0.2, 0.25) is 5.91 Å². The Hall–Kier alpha value is -2.28. The van der Waals surface area contributed by atoms with Gasteiger partial charge >= 0.3 is 0 Å². The minimum absolute atomic E-state index is 0.0552. The summed E-state index contributed by atoms with van der Waals surface area (Å²) >= 11 is 0. The number of hydrogen-bond donors (Lipinski definition) is 0. The highest BCUT2D eigenvalue weighted by Gasteiger charge is 2.34. The van der Waals surface area contributed by atoms with E-state index in [0.29, 0.717) is 13.0 Å². The van der Waals surface area contributed by atoms with E-state index in [4.69, 9.17) is 0 Å². The maximum Gasteiger partial charge on any atom is 0.229 e. The number of anilines is 1. The van der Waals surface area contributed by atoms with Crippen molar-refractivity contribution in [2.45, 2.75) is 40.0 Å². The first kappa shape index (κ1) is 27.7. The lowest BCUT2D eigenvalue weighted by Crippen LogP contribution is -2.48. The molecule has 0 bridgehead atoms. The van der Waals surface area contributed by atoms with Gasteiger partial charge in [0.25, 0.3) is 0 Å². The molecule has 0 spiro atoms. The molecule has 0 aromatic heterocycles. The molecule has 5 nitrogen and oxygen atoms in total. The zero-order valence-corrected chi connectivity index (χ0v) is 23.5. The van der Waals surface area contributed by atoms with Gasteiger partial charge in [-0.05, 0) is 81.4 Å². The number of piperazine rings is 1. The molecule has 202 valence electrons. The number of carbonyl (C=O) groups excluding carboxylic acids is 1. The molecule has 1 amide bonds. The molecule has 2 aliphatic heterocycles. The maximum atomic E-state index is 14.3. The molecule has 2 aromatic carbocycles. The van der Waals surface area contributed by atoms with Gasteiger partial charge in [-0.1, -0.05) is 37.3 Å². The van der Waals surface area contributed by atoms with Crippen molar-refractivity contribution in [3.8, 4) is 0 Å². The zero-order valence-electron chi connectivity index (χ0n) is 23.5. The number of benzene rings is 2. The molecule has 37 heavy (non-hydrogen) atoms. The first-order chi connectivity index (χ1) is 17.7. The summed E-state index contributed by atoms with van der Waals surface area (Å²) < 4.78 is 14.3. The van der Waals surface area contributed by atoms with E-state index in [-0.39, 0.29) is 23.6 Å². The predicted octanol–water partition coefficient (Wildman–Crippen LogP) is 4.40. The number of nitrogens with zero attached hydrogens (tertiary/aromatic N) is 4. The Labute approximate surface area is 223 Å². The summed E-state index contributed by atoms with van der Waals surface area (Å²) in [5.74, 6) is 0.237. The van der Waals surface area contributed by atoms with Gasteiger partial charge in [0.15, 0.2) is 0 Å². The third-order valence-corrected chi connectivity index (χ3v) is 8.15. The van der Waals surface area contributed by atoms with Crippen LogP contribution in [0.5, 0.6) is 0 Å². The second-order valence-corrected chi connectivity index (χ2v) is 11.6. The molecule has 0 unspecified atom stereocenters. The standard InChI is InChI=1S/C31H45FN4O/c1-23-18-26(10-11-34-14-16-35(17-15-34)13-12-33(4)5)19-24(2)30(23)36-22-27(20-25(3)31(36)37)21-28-8-6-7-9-29(28)32/h6-9,18-19,25,27H,10-17,20-22H2,1-5H3/t25-,27-/m1/s1. The van der Waals surface area contributed by atoms with Crippen molar-refractivity contribution in [3.63, 3.8) is 0 Å². The summed E-state index contributed by atoms with van der Waals surface area (Å²) in [7, 11) is 4.27. The van der Waals surface area contributed by atoms with Crippen molar-refractivity contribution >= 4 is 11.6 Å². The Balaban J connectivity index is 1.38. The molecule has 0 radical (unpaired) electrons. The summed E-state index contributed by atoms with van der Waals surface area (Å²) in [6.45, 7) is 14.8. The van der Waals surface area contributed by atoms with E-state index in [1.165, 1.54) is 11.6 Å². The van der Waals surface area contributed by atoms with E-state index < -0.39 is 0 Å². The number of amides is 1. The van der Waals surface area contributed by atoms with Crippen molar-refractivity contribution in [3.05, 3.63) is 64.5 Å². The molecular weight excluding hydrogens is 463 g/mol. The molecule has 2 saturated heterocycles. The highest BCUT2D eigenvalue weighted by Crippen LogP contribution is 2.34. The highest BCUT2D eigenvalue weighted by atomic mass is 19.1. The Bertz CT molecular complexity index is 1040. The number of carbonyl (C=O) groups is 1. The van der Waals surface area contributed by atoms with Crippen molar-refractivity contribution < 1.29 is 9.18 Å². The van der Waals surface area contributed by atoms with E-state index in [0.717, 1.165) is 81.0 Å². The summed E-state index contributed by atoms with van der Waals surface area (Å²) in [5.41, 5.74) is 5.46. The Morgan fingerprint density at radius 3 is 2.22 bits per heavy atom. The number of halogens is 1. The average molecular weight is 509 g/mol. The van der Waals surface area contributed by atoms with Crippen LogP contribution in [0.2, 0.25) is 0 Å². The van der Waals surface area contributed by atoms with Gasteiger partial charge in [0.1, 0.15) is 5.82 Å². The number of aryl methyl sites for hydroxylation is 2. The van der Waals surface area contributed by atoms with E-state index in [2.05, 4.69) is 54.8 Å². The van der Waals surface area contributed by atoms with Gasteiger partial charge in [-0.3, -0.25) is 9.69 Å². The van der Waals surface area contributed by atoms with E-state index in [9.17, 15) is 9.18 Å². The van der Waals surface area contributed by atoms with Crippen molar-refractivity contribution in [2.75, 3.05) is 71.4 Å². The van der Waals surface area contributed by atoms with Gasteiger partial charge < -0.3 is 14.7 Å². The van der Waals surface area contributed by atoms with Gasteiger partial charge in [-0.15, -0.1) is 0 Å². The van der Waals surface area contributed by atoms with Crippen LogP contribution in [0.25, 0.3) is 0 Å². The van der Waals surface area contributed by atoms with E-state index in [1.54, 1.807) is 6.07 Å². The lowest BCUT2D eigenvalue weighted by atomic mass is 9.84. The van der Waals surface area contributed by atoms with E-state index >= 15 is 0 Å². The summed E-state index contributed by atoms with van der Waals surface area (Å²) in [5, 5.41) is 0. The van der Waals surface area contributed by atoms with Crippen LogP contribution in [-0.2, 0) is 17.6 Å². The lowest BCUT2D eigenvalue weighted by molar-refractivity contribution is -0.124. The SMILES string of the molecule is Cc1cc(CCN2CCN(CCN(C)C)CC2)cc(C)c1N1C[C@@H](Cc2ccccc2F)C[C@@H](C)C1=O. The fourth-order valence-corrected chi connectivity index (χ4v) is 6.09. The normalized spacial score (nSPS) is 21.7. The third kappa shape index (κ3) is 7.18. The first-order valence-electron chi connectivity index (χ1n) is 14.0. The van der Waals surface area contributed by atoms with E-state index in [1.807, 2.05) is 24.0 Å². The van der Waals surface area contributed by atoms with Crippen molar-refractivity contribution in [1.82, 2.24) is 14.7 Å². The largest absolute Gasteiger partial charge is 0.311 e. The highest BCUT2D eigenvalue weighted by molar-refractivity contribution is 5.97. The van der Waals surface area contributed by atoms with Gasteiger partial charge in [-0.2, -0.15) is 0 Å². The van der Waals surface area contributed by atoms with Crippen LogP contribution in [0.4, 0.5) is 10.1 Å². The molecule has 6 heteroatoms. The van der Waals surface area contributed by atoms with Crippen molar-refractivity contribution in [1.29, 1.82) is 0 Å². The van der Waals surface area contributed by atoms with Crippen LogP contribution in [0, 0.1) is 31.5 Å². The molecule has 0 aliphatic carbocycles. The fourth-order valence-electron chi connectivity index (χ4n) is 6.09. The van der Waals surface area contributed by atoms with Gasteiger partial charge in [-0.25, -0.2) is 4.39 Å². The average Bonchev–Trinajstić information content (AvgIpc) is 2.86. The number of rotatable bonds is 9. The second-order valence-electron chi connectivity index (χ2n) is 11.6. The van der Waals surface area contributed by atoms with Crippen LogP contribution in [0.3, 0.4) is 0 Å². The Kier molecular flexibility index (Phi) is 9.38. The maximum absolute atomic E-state index is 14.3. The quantitative estimate of drug-likeness (QED) is 0.503. The second kappa shape index (κ2) is 12.5. The number of likely N-dealkylation sites (N-methyl/N-ethyl adjacent to an activating group) is 1. The molecule has 2 fully saturated rings. The van der Waals surface area contributed by atoms with Crippen LogP contribution in [0.15, 0.2) is 36.4 Å². The minimum atomic E-state index is -0.148. The summed E-state index contributed by atoms with van der Waals surface area (Å²) in [6.07, 6.45) is 2.50. The number of hydrogen-bond acceptors (Lipinski definition) is 4. The van der Waals surface area contributed by atoms with Crippen molar-refractivity contribution in [2.24, 2.45) is 11.8 Å². The number of piperidine rings is 1. The fraction of sp³-hybridized carbons (Fsp3) is 0.581. The minimum Gasteiger partial charge on any atom is -0.311 e. The summed E-state index contributed by atoms with van der Waals surface area (Å²) in [4.78, 5) is 22.6. The molecule has 2 atom stereocenters. The molecule has 2 heterocycles. The van der Waals surface area contributed by atoms with Gasteiger partial charge in [0.05, 0.1) is 0 Å². The van der Waals surface area contributed by atoms with Crippen LogP contribution in [0.1, 0.15) is 35.6 Å². The third-order valence-electron chi connectivity index (χ3n) is 8.15. The summed E-state index contributed by atoms with van der Waals surface area (Å²) in [6, 6.07) is 11.6. The van der Waals surface area contributed by atoms with Crippen LogP contribution in [-0.4, -0.2) is 87.1 Å². The Morgan fingerprint density at radius 2 is 1.59 bits per heavy atom. The van der Waals surface area contributed by atoms with Crippen LogP contribution >= 0.6 is 0 Å². The lowest BCUT2D eigenvalue weighted by Gasteiger charge is -2.38. The molecule has 4 rings (SSSR count). The molecule has 2 aliphatic rings. The monoisotopic (exact) mass is 508 g/mol.